The van der Waals surface area contributed by atoms with Crippen LogP contribution in [-0.2, 0) is 10.2 Å². The van der Waals surface area contributed by atoms with Crippen LogP contribution in [0.3, 0.4) is 0 Å². The van der Waals surface area contributed by atoms with Gasteiger partial charge in [0.2, 0.25) is 0 Å². The minimum absolute atomic E-state index is 0.0748. The molecule has 9 heteroatoms. The lowest BCUT2D eigenvalue weighted by molar-refractivity contribution is 0.0700. The summed E-state index contributed by atoms with van der Waals surface area (Å²) in [5, 5.41) is 1.59. The molecule has 0 bridgehead atoms. The zero-order chi connectivity index (χ0) is 17.5. The van der Waals surface area contributed by atoms with Crippen molar-refractivity contribution in [1.82, 2.24) is 13.5 Å². The lowest BCUT2D eigenvalue weighted by Gasteiger charge is -2.34. The summed E-state index contributed by atoms with van der Waals surface area (Å²) >= 11 is 7.54. The van der Waals surface area contributed by atoms with Crippen LogP contribution in [0.15, 0.2) is 24.3 Å². The van der Waals surface area contributed by atoms with Gasteiger partial charge in [0.05, 0.1) is 14.6 Å². The number of hydrogen-bond acceptors (Lipinski definition) is 4. The van der Waals surface area contributed by atoms with E-state index in [0.717, 1.165) is 10.1 Å². The molecule has 0 unspecified atom stereocenters. The van der Waals surface area contributed by atoms with Crippen molar-refractivity contribution < 1.29 is 13.2 Å². The van der Waals surface area contributed by atoms with Crippen LogP contribution in [0.25, 0.3) is 10.1 Å². The Labute approximate surface area is 150 Å². The Balaban J connectivity index is 1.74. The lowest BCUT2D eigenvalue weighted by atomic mass is 10.2. The Morgan fingerprint density at radius 3 is 2.46 bits per heavy atom. The smallest absolute Gasteiger partial charge is 0.281 e. The molecule has 24 heavy (non-hydrogen) atoms. The summed E-state index contributed by atoms with van der Waals surface area (Å²) in [6.45, 7) is 1.37. The monoisotopic (exact) mass is 387 g/mol. The first-order valence-electron chi connectivity index (χ1n) is 7.45. The van der Waals surface area contributed by atoms with Gasteiger partial charge in [0, 0.05) is 40.3 Å². The summed E-state index contributed by atoms with van der Waals surface area (Å²) in [4.78, 5) is 15.0. The van der Waals surface area contributed by atoms with Gasteiger partial charge in [0.15, 0.2) is 0 Å². The van der Waals surface area contributed by atoms with Crippen molar-refractivity contribution in [3.05, 3.63) is 34.2 Å². The number of carbonyl (C=O) groups excluding carboxylic acids is 1. The maximum atomic E-state index is 12.7. The van der Waals surface area contributed by atoms with Crippen molar-refractivity contribution in [3.63, 3.8) is 0 Å². The summed E-state index contributed by atoms with van der Waals surface area (Å²) in [5.74, 6) is -0.0748. The van der Waals surface area contributed by atoms with Crippen LogP contribution in [0, 0.1) is 0 Å². The first kappa shape index (κ1) is 17.6. The fraction of sp³-hybridized carbons (Fsp3) is 0.400. The van der Waals surface area contributed by atoms with Crippen molar-refractivity contribution in [1.29, 1.82) is 0 Å². The number of fused-ring (bicyclic) bond motifs is 1. The zero-order valence-electron chi connectivity index (χ0n) is 13.4. The third-order valence-electron chi connectivity index (χ3n) is 4.02. The standard InChI is InChI=1S/C15H18ClN3O3S2/c1-17(2)24(21,22)19-8-6-18(7-9-19)15(20)13-10-11-4-3-5-12(16)14(11)23-13/h3-5,10H,6-9H2,1-2H3. The van der Waals surface area contributed by atoms with Crippen molar-refractivity contribution in [2.24, 2.45) is 0 Å². The van der Waals surface area contributed by atoms with Crippen LogP contribution in [0.2, 0.25) is 5.02 Å². The maximum absolute atomic E-state index is 12.7. The summed E-state index contributed by atoms with van der Waals surface area (Å²) < 4.78 is 27.7. The van der Waals surface area contributed by atoms with E-state index >= 15 is 0 Å². The third kappa shape index (κ3) is 3.16. The predicted octanol–water partition coefficient (Wildman–Crippen LogP) is 2.12. The van der Waals surface area contributed by atoms with Crippen molar-refractivity contribution >= 4 is 49.1 Å². The van der Waals surface area contributed by atoms with Gasteiger partial charge in [-0.05, 0) is 17.5 Å². The molecule has 3 rings (SSSR count). The molecule has 1 saturated heterocycles. The zero-order valence-corrected chi connectivity index (χ0v) is 15.8. The highest BCUT2D eigenvalue weighted by molar-refractivity contribution is 7.86. The van der Waals surface area contributed by atoms with E-state index in [1.54, 1.807) is 11.0 Å². The van der Waals surface area contributed by atoms with E-state index in [4.69, 9.17) is 11.6 Å². The molecule has 1 fully saturated rings. The number of piperazine rings is 1. The van der Waals surface area contributed by atoms with E-state index in [9.17, 15) is 13.2 Å². The van der Waals surface area contributed by atoms with Gasteiger partial charge in [-0.25, -0.2) is 0 Å². The molecule has 1 amide bonds. The highest BCUT2D eigenvalue weighted by Crippen LogP contribution is 2.32. The number of rotatable bonds is 3. The Hall–Kier alpha value is -1.19. The molecule has 1 aromatic carbocycles. The number of carbonyl (C=O) groups is 1. The topological polar surface area (TPSA) is 60.9 Å². The number of benzene rings is 1. The SMILES string of the molecule is CN(C)S(=O)(=O)N1CCN(C(=O)c2cc3cccc(Cl)c3s2)CC1. The molecule has 0 atom stereocenters. The van der Waals surface area contributed by atoms with Gasteiger partial charge in [-0.15, -0.1) is 11.3 Å². The van der Waals surface area contributed by atoms with E-state index in [0.29, 0.717) is 36.1 Å². The van der Waals surface area contributed by atoms with Crippen LogP contribution in [0.5, 0.6) is 0 Å². The molecule has 0 aliphatic carbocycles. The first-order valence-corrected chi connectivity index (χ1v) is 10.0. The molecule has 6 nitrogen and oxygen atoms in total. The van der Waals surface area contributed by atoms with Crippen LogP contribution >= 0.6 is 22.9 Å². The molecule has 1 aliphatic heterocycles. The third-order valence-corrected chi connectivity index (χ3v) is 7.56. The van der Waals surface area contributed by atoms with Gasteiger partial charge >= 0.3 is 0 Å². The van der Waals surface area contributed by atoms with Gasteiger partial charge in [0.1, 0.15) is 0 Å². The van der Waals surface area contributed by atoms with Crippen molar-refractivity contribution in [2.45, 2.75) is 0 Å². The number of hydrogen-bond donors (Lipinski definition) is 0. The molecular formula is C15H18ClN3O3S2. The van der Waals surface area contributed by atoms with Crippen molar-refractivity contribution in [2.75, 3.05) is 40.3 Å². The number of amides is 1. The molecule has 1 aliphatic rings. The van der Waals surface area contributed by atoms with E-state index in [2.05, 4.69) is 0 Å². The molecule has 130 valence electrons. The Morgan fingerprint density at radius 1 is 1.21 bits per heavy atom. The second-order valence-corrected chi connectivity index (χ2v) is 9.35. The Kier molecular flexibility index (Phi) is 4.85. The van der Waals surface area contributed by atoms with E-state index in [1.165, 1.54) is 34.0 Å². The van der Waals surface area contributed by atoms with Crippen LogP contribution in [0.1, 0.15) is 9.67 Å². The predicted molar refractivity (Wildman–Crippen MR) is 96.9 cm³/mol. The molecule has 0 saturated carbocycles. The fourth-order valence-electron chi connectivity index (χ4n) is 2.64. The molecular weight excluding hydrogens is 370 g/mol. The molecule has 1 aromatic heterocycles. The summed E-state index contributed by atoms with van der Waals surface area (Å²) in [5.41, 5.74) is 0. The van der Waals surface area contributed by atoms with Crippen molar-refractivity contribution in [3.8, 4) is 0 Å². The minimum atomic E-state index is -3.43. The van der Waals surface area contributed by atoms with Gasteiger partial charge in [0.25, 0.3) is 16.1 Å². The summed E-state index contributed by atoms with van der Waals surface area (Å²) in [6.07, 6.45) is 0. The van der Waals surface area contributed by atoms with Gasteiger partial charge in [-0.1, -0.05) is 23.7 Å². The lowest BCUT2D eigenvalue weighted by Crippen LogP contribution is -2.52. The Bertz CT molecular complexity index is 871. The number of halogens is 1. The molecule has 2 aromatic rings. The fourth-order valence-corrected chi connectivity index (χ4v) is 5.06. The second-order valence-electron chi connectivity index (χ2n) is 5.75. The second kappa shape index (κ2) is 6.61. The molecule has 0 spiro atoms. The maximum Gasteiger partial charge on any atom is 0.281 e. The first-order chi connectivity index (χ1) is 11.3. The van der Waals surface area contributed by atoms with Crippen LogP contribution in [0.4, 0.5) is 0 Å². The minimum Gasteiger partial charge on any atom is -0.335 e. The van der Waals surface area contributed by atoms with E-state index in [-0.39, 0.29) is 5.91 Å². The quantitative estimate of drug-likeness (QED) is 0.810. The summed E-state index contributed by atoms with van der Waals surface area (Å²) in [6, 6.07) is 7.43. The largest absolute Gasteiger partial charge is 0.335 e. The average Bonchev–Trinajstić information content (AvgIpc) is 3.00. The number of nitrogens with zero attached hydrogens (tertiary/aromatic N) is 3. The van der Waals surface area contributed by atoms with Crippen LogP contribution < -0.4 is 0 Å². The summed E-state index contributed by atoms with van der Waals surface area (Å²) in [7, 11) is -0.410. The van der Waals surface area contributed by atoms with Gasteiger partial charge in [-0.2, -0.15) is 17.0 Å². The number of thiophene rings is 1. The highest BCUT2D eigenvalue weighted by Gasteiger charge is 2.31. The van der Waals surface area contributed by atoms with Crippen LogP contribution in [-0.4, -0.2) is 68.1 Å². The Morgan fingerprint density at radius 2 is 1.88 bits per heavy atom. The van der Waals surface area contributed by atoms with E-state index < -0.39 is 10.2 Å². The van der Waals surface area contributed by atoms with Gasteiger partial charge in [-0.3, -0.25) is 4.79 Å². The van der Waals surface area contributed by atoms with E-state index in [1.807, 2.05) is 18.2 Å². The molecule has 0 radical (unpaired) electrons. The average molecular weight is 388 g/mol. The van der Waals surface area contributed by atoms with Gasteiger partial charge < -0.3 is 4.90 Å². The molecule has 0 N–H and O–H groups in total. The normalized spacial score (nSPS) is 16.9. The highest BCUT2D eigenvalue weighted by atomic mass is 35.5. The molecule has 2 heterocycles.